The van der Waals surface area contributed by atoms with Crippen LogP contribution in [0.4, 0.5) is 13.2 Å². The van der Waals surface area contributed by atoms with Crippen LogP contribution in [0.5, 0.6) is 0 Å². The average molecular weight is 503 g/mol. The van der Waals surface area contributed by atoms with Crippen LogP contribution in [0.25, 0.3) is 16.7 Å². The van der Waals surface area contributed by atoms with Gasteiger partial charge in [0.1, 0.15) is 5.82 Å². The molecule has 1 atom stereocenters. The number of alkyl halides is 3. The first-order chi connectivity index (χ1) is 16.7. The Hall–Kier alpha value is -3.37. The summed E-state index contributed by atoms with van der Waals surface area (Å²) >= 11 is 6.00. The van der Waals surface area contributed by atoms with Gasteiger partial charge in [0.05, 0.1) is 34.0 Å². The van der Waals surface area contributed by atoms with Crippen LogP contribution < -0.4 is 11.1 Å². The van der Waals surface area contributed by atoms with E-state index >= 15 is 0 Å². The van der Waals surface area contributed by atoms with Crippen molar-refractivity contribution in [2.24, 2.45) is 5.73 Å². The van der Waals surface area contributed by atoms with Gasteiger partial charge < -0.3 is 16.0 Å². The van der Waals surface area contributed by atoms with E-state index in [0.29, 0.717) is 34.0 Å². The minimum Gasteiger partial charge on any atom is -0.342 e. The number of imidazole rings is 1. The van der Waals surface area contributed by atoms with Gasteiger partial charge in [-0.05, 0) is 68.1 Å². The topological polar surface area (TPSA) is 102 Å². The molecule has 182 valence electrons. The second-order valence-corrected chi connectivity index (χ2v) is 8.99. The van der Waals surface area contributed by atoms with Crippen molar-refractivity contribution < 1.29 is 18.0 Å². The maximum atomic E-state index is 14.1. The van der Waals surface area contributed by atoms with E-state index in [0.717, 1.165) is 30.2 Å². The highest BCUT2D eigenvalue weighted by Gasteiger charge is 2.36. The van der Waals surface area contributed by atoms with Gasteiger partial charge in [-0.2, -0.15) is 18.3 Å². The van der Waals surface area contributed by atoms with Gasteiger partial charge in [-0.1, -0.05) is 11.6 Å². The number of H-pyrrole nitrogens is 1. The van der Waals surface area contributed by atoms with Crippen molar-refractivity contribution in [3.05, 3.63) is 75.3 Å². The van der Waals surface area contributed by atoms with Crippen LogP contribution in [-0.4, -0.2) is 25.7 Å². The Balaban J connectivity index is 1.46. The normalized spacial score (nSPS) is 14.3. The maximum absolute atomic E-state index is 14.1. The molecule has 2 heterocycles. The van der Waals surface area contributed by atoms with E-state index in [1.54, 1.807) is 25.1 Å². The summed E-state index contributed by atoms with van der Waals surface area (Å²) in [4.78, 5) is 20.4. The van der Waals surface area contributed by atoms with Crippen LogP contribution in [0.15, 0.2) is 36.4 Å². The van der Waals surface area contributed by atoms with Crippen LogP contribution in [0.1, 0.15) is 58.1 Å². The van der Waals surface area contributed by atoms with Crippen LogP contribution in [0.3, 0.4) is 0 Å². The van der Waals surface area contributed by atoms with Crippen LogP contribution in [0.2, 0.25) is 5.02 Å². The average Bonchev–Trinajstić information content (AvgIpc) is 3.52. The number of hydrogen-bond acceptors (Lipinski definition) is 4. The number of aromatic nitrogens is 4. The highest BCUT2D eigenvalue weighted by molar-refractivity contribution is 6.31. The lowest BCUT2D eigenvalue weighted by atomic mass is 10.1. The van der Waals surface area contributed by atoms with E-state index in [2.05, 4.69) is 20.4 Å². The number of nitrogens with two attached hydrogens (primary N) is 1. The van der Waals surface area contributed by atoms with Gasteiger partial charge in [0.15, 0.2) is 0 Å². The zero-order valence-electron chi connectivity index (χ0n) is 18.7. The first kappa shape index (κ1) is 23.4. The number of nitrogens with zero attached hydrogens (tertiary/aromatic N) is 3. The first-order valence-corrected chi connectivity index (χ1v) is 11.5. The molecule has 0 saturated heterocycles. The summed E-state index contributed by atoms with van der Waals surface area (Å²) in [5, 5.41) is 7.60. The lowest BCUT2D eigenvalue weighted by Gasteiger charge is -2.17. The van der Waals surface area contributed by atoms with Gasteiger partial charge in [0.2, 0.25) is 0 Å². The molecule has 1 aliphatic rings. The quantitative estimate of drug-likeness (QED) is 0.363. The fourth-order valence-electron chi connectivity index (χ4n) is 4.52. The molecule has 0 unspecified atom stereocenters. The van der Waals surface area contributed by atoms with E-state index in [9.17, 15) is 18.0 Å². The van der Waals surface area contributed by atoms with Gasteiger partial charge in [0.25, 0.3) is 5.91 Å². The Bertz CT molecular complexity index is 1440. The first-order valence-electron chi connectivity index (χ1n) is 11.1. The minimum absolute atomic E-state index is 0.116. The zero-order chi connectivity index (χ0) is 24.9. The Labute approximate surface area is 203 Å². The Morgan fingerprint density at radius 2 is 2.06 bits per heavy atom. The number of nitrogens with one attached hydrogen (secondary N) is 2. The summed E-state index contributed by atoms with van der Waals surface area (Å²) < 4.78 is 43.5. The molecule has 2 aromatic heterocycles. The van der Waals surface area contributed by atoms with Gasteiger partial charge >= 0.3 is 6.18 Å². The summed E-state index contributed by atoms with van der Waals surface area (Å²) in [6, 6.07) is 8.09. The molecular formula is C24H22ClF3N6O. The molecule has 2 aromatic carbocycles. The summed E-state index contributed by atoms with van der Waals surface area (Å²) in [5.74, 6) is -0.189. The number of hydrogen-bond donors (Lipinski definition) is 3. The predicted molar refractivity (Wildman–Crippen MR) is 125 cm³/mol. The molecule has 1 aliphatic carbocycles. The van der Waals surface area contributed by atoms with Crippen molar-refractivity contribution in [1.29, 1.82) is 0 Å². The van der Waals surface area contributed by atoms with Crippen molar-refractivity contribution in [2.45, 2.75) is 44.9 Å². The van der Waals surface area contributed by atoms with Crippen LogP contribution in [0, 0.1) is 0 Å². The number of fused-ring (bicyclic) bond motifs is 2. The van der Waals surface area contributed by atoms with Gasteiger partial charge in [-0.3, -0.25) is 4.79 Å². The fourth-order valence-corrected chi connectivity index (χ4v) is 4.69. The van der Waals surface area contributed by atoms with Crippen molar-refractivity contribution in [3.63, 3.8) is 0 Å². The third-order valence-electron chi connectivity index (χ3n) is 6.22. The van der Waals surface area contributed by atoms with E-state index in [4.69, 9.17) is 17.3 Å². The third-order valence-corrected chi connectivity index (χ3v) is 6.45. The standard InChI is InChI=1S/C24H22ClF3N6O/c1-12(22-31-17-7-6-14(25)10-18(17)32-22)30-23(35)13-5-8-21(16(9-13)24(26,27)28)34-20-4-2-3-15(20)19(11-29)33-34/h5-10,12H,2-4,11,29H2,1H3,(H,30,35)(H,31,32)/t12-/m0/s1. The fraction of sp³-hybridized carbons (Fsp3) is 0.292. The number of benzene rings is 2. The summed E-state index contributed by atoms with van der Waals surface area (Å²) in [6.07, 6.45) is -2.47. The number of amides is 1. The van der Waals surface area contributed by atoms with Crippen LogP contribution in [-0.2, 0) is 25.6 Å². The van der Waals surface area contributed by atoms with E-state index < -0.39 is 23.7 Å². The molecule has 7 nitrogen and oxygen atoms in total. The molecule has 1 amide bonds. The smallest absolute Gasteiger partial charge is 0.342 e. The molecule has 0 aliphatic heterocycles. The SMILES string of the molecule is C[C@H](NC(=O)c1ccc(-n2nc(CN)c3c2CCC3)c(C(F)(F)F)c1)c1nc2ccc(Cl)cc2[nH]1. The number of carbonyl (C=O) groups is 1. The zero-order valence-corrected chi connectivity index (χ0v) is 19.5. The number of rotatable bonds is 5. The maximum Gasteiger partial charge on any atom is 0.418 e. The van der Waals surface area contributed by atoms with Crippen molar-refractivity contribution in [3.8, 4) is 5.69 Å². The molecular weight excluding hydrogens is 481 g/mol. The molecule has 0 spiro atoms. The molecule has 4 N–H and O–H groups in total. The molecule has 0 radical (unpaired) electrons. The molecule has 11 heteroatoms. The van der Waals surface area contributed by atoms with E-state index in [-0.39, 0.29) is 17.8 Å². The highest BCUT2D eigenvalue weighted by Crippen LogP contribution is 2.37. The second-order valence-electron chi connectivity index (χ2n) is 8.55. The summed E-state index contributed by atoms with van der Waals surface area (Å²) in [5.41, 5.74) is 8.22. The van der Waals surface area contributed by atoms with Crippen molar-refractivity contribution >= 4 is 28.5 Å². The molecule has 4 aromatic rings. The van der Waals surface area contributed by atoms with Crippen molar-refractivity contribution in [2.75, 3.05) is 0 Å². The molecule has 0 saturated carbocycles. The Morgan fingerprint density at radius 1 is 1.26 bits per heavy atom. The summed E-state index contributed by atoms with van der Waals surface area (Å²) in [6.45, 7) is 1.85. The Kier molecular flexibility index (Phi) is 5.80. The van der Waals surface area contributed by atoms with Gasteiger partial charge in [-0.25, -0.2) is 9.67 Å². The molecule has 0 fully saturated rings. The molecule has 5 rings (SSSR count). The number of aromatic amines is 1. The predicted octanol–water partition coefficient (Wildman–Crippen LogP) is 4.86. The highest BCUT2D eigenvalue weighted by atomic mass is 35.5. The minimum atomic E-state index is -4.68. The lowest BCUT2D eigenvalue weighted by Crippen LogP contribution is -2.28. The summed E-state index contributed by atoms with van der Waals surface area (Å²) in [7, 11) is 0. The van der Waals surface area contributed by atoms with Gasteiger partial charge in [0, 0.05) is 22.8 Å². The number of carbonyl (C=O) groups excluding carboxylic acids is 1. The van der Waals surface area contributed by atoms with E-state index in [1.165, 1.54) is 16.8 Å². The molecule has 0 bridgehead atoms. The van der Waals surface area contributed by atoms with Gasteiger partial charge in [-0.15, -0.1) is 0 Å². The Morgan fingerprint density at radius 3 is 2.80 bits per heavy atom. The largest absolute Gasteiger partial charge is 0.418 e. The lowest BCUT2D eigenvalue weighted by molar-refractivity contribution is -0.137. The monoisotopic (exact) mass is 502 g/mol. The van der Waals surface area contributed by atoms with Crippen LogP contribution >= 0.6 is 11.6 Å². The van der Waals surface area contributed by atoms with E-state index in [1.807, 2.05) is 0 Å². The third kappa shape index (κ3) is 4.28. The second kappa shape index (κ2) is 8.69. The van der Waals surface area contributed by atoms with Crippen molar-refractivity contribution in [1.82, 2.24) is 25.1 Å². The number of halogens is 4. The molecule has 35 heavy (non-hydrogen) atoms.